The molecule has 1 saturated heterocycles. The van der Waals surface area contributed by atoms with Crippen LogP contribution >= 0.6 is 11.6 Å². The minimum Gasteiger partial charge on any atom is -0.494 e. The Labute approximate surface area is 238 Å². The monoisotopic (exact) mass is 585 g/mol. The molecule has 10 nitrogen and oxygen atoms in total. The average molecular weight is 586 g/mol. The van der Waals surface area contributed by atoms with E-state index in [0.29, 0.717) is 33.8 Å². The van der Waals surface area contributed by atoms with Crippen molar-refractivity contribution in [1.82, 2.24) is 24.6 Å². The van der Waals surface area contributed by atoms with E-state index in [1.54, 1.807) is 41.1 Å². The number of benzene rings is 1. The van der Waals surface area contributed by atoms with Gasteiger partial charge in [0.05, 0.1) is 31.3 Å². The fourth-order valence-electron chi connectivity index (χ4n) is 5.02. The lowest BCUT2D eigenvalue weighted by atomic mass is 10.1. The smallest absolute Gasteiger partial charge is 0.204 e. The summed E-state index contributed by atoms with van der Waals surface area (Å²) in [6.45, 7) is 3.09. The first kappa shape index (κ1) is 28.1. The van der Waals surface area contributed by atoms with E-state index < -0.39 is 9.84 Å². The first-order valence-electron chi connectivity index (χ1n) is 13.1. The van der Waals surface area contributed by atoms with Crippen LogP contribution in [0.3, 0.4) is 0 Å². The zero-order valence-electron chi connectivity index (χ0n) is 22.5. The van der Waals surface area contributed by atoms with E-state index in [-0.39, 0.29) is 23.8 Å². The van der Waals surface area contributed by atoms with Crippen LogP contribution in [0.5, 0.6) is 11.5 Å². The topological polar surface area (TPSA) is 113 Å². The van der Waals surface area contributed by atoms with Gasteiger partial charge in [0.25, 0.3) is 0 Å². The molecule has 0 aliphatic carbocycles. The van der Waals surface area contributed by atoms with Gasteiger partial charge in [0, 0.05) is 24.9 Å². The van der Waals surface area contributed by atoms with Gasteiger partial charge >= 0.3 is 0 Å². The molecule has 212 valence electrons. The predicted molar refractivity (Wildman–Crippen MR) is 152 cm³/mol. The number of rotatable bonds is 12. The number of sulfone groups is 1. The maximum atomic E-state index is 13.5. The average Bonchev–Trinajstić information content (AvgIpc) is 3.73. The largest absolute Gasteiger partial charge is 0.494 e. The minimum atomic E-state index is -3.63. The fraction of sp³-hybridized carbons (Fsp3) is 0.393. The molecule has 4 heterocycles. The van der Waals surface area contributed by atoms with Crippen LogP contribution in [0.4, 0.5) is 0 Å². The van der Waals surface area contributed by atoms with Gasteiger partial charge in [0.2, 0.25) is 5.82 Å². The number of hydrogen-bond acceptors (Lipinski definition) is 9. The summed E-state index contributed by atoms with van der Waals surface area (Å²) < 4.78 is 45.4. The van der Waals surface area contributed by atoms with Crippen LogP contribution in [0.1, 0.15) is 29.9 Å². The highest BCUT2D eigenvalue weighted by molar-refractivity contribution is 7.90. The Morgan fingerprint density at radius 1 is 1.02 bits per heavy atom. The van der Waals surface area contributed by atoms with Gasteiger partial charge in [-0.1, -0.05) is 17.7 Å². The fourth-order valence-corrected chi connectivity index (χ4v) is 6.43. The lowest BCUT2D eigenvalue weighted by molar-refractivity contribution is 0.343. The first-order valence-corrected chi connectivity index (χ1v) is 15.3. The maximum Gasteiger partial charge on any atom is 0.204 e. The Morgan fingerprint density at radius 2 is 1.77 bits per heavy atom. The molecule has 3 aromatic heterocycles. The molecule has 0 N–H and O–H groups in total. The van der Waals surface area contributed by atoms with Gasteiger partial charge in [-0.3, -0.25) is 9.55 Å². The van der Waals surface area contributed by atoms with Crippen molar-refractivity contribution in [3.63, 3.8) is 0 Å². The summed E-state index contributed by atoms with van der Waals surface area (Å²) in [5.41, 5.74) is 2.21. The number of aryl methyl sites for hydroxylation is 1. The number of methoxy groups -OCH3 is 2. The Kier molecular flexibility index (Phi) is 8.72. The summed E-state index contributed by atoms with van der Waals surface area (Å²) in [6, 6.07) is 10.7. The molecule has 0 unspecified atom stereocenters. The van der Waals surface area contributed by atoms with Crippen molar-refractivity contribution >= 4 is 21.4 Å². The van der Waals surface area contributed by atoms with Crippen LogP contribution in [0, 0.1) is 0 Å². The zero-order chi connectivity index (χ0) is 28.1. The second kappa shape index (κ2) is 12.4. The lowest BCUT2D eigenvalue weighted by Crippen LogP contribution is -2.23. The van der Waals surface area contributed by atoms with Gasteiger partial charge in [0.15, 0.2) is 21.4 Å². The molecular formula is C28H32ClN5O5S. The van der Waals surface area contributed by atoms with Gasteiger partial charge in [0.1, 0.15) is 22.9 Å². The molecule has 0 atom stereocenters. The number of likely N-dealkylation sites (tertiary alicyclic amines) is 1. The lowest BCUT2D eigenvalue weighted by Gasteiger charge is -2.17. The van der Waals surface area contributed by atoms with Crippen molar-refractivity contribution in [1.29, 1.82) is 0 Å². The summed E-state index contributed by atoms with van der Waals surface area (Å²) >= 11 is 6.24. The molecule has 1 fully saturated rings. The van der Waals surface area contributed by atoms with Crippen LogP contribution in [0.2, 0.25) is 5.02 Å². The standard InChI is InChI=1S/C28H32ClN5O5S/c1-37-23-7-5-8-24(38-2)27(23)34-26(31-32-28(34)25-9-6-15-39-25)19-40(35,36)16-11-22-20(17-21(29)18-30-22)10-14-33-12-3-4-13-33/h5-9,15,17-18H,3-4,10-14,16,19H2,1-2H3. The molecule has 1 aliphatic rings. The number of halogens is 1. The van der Waals surface area contributed by atoms with Gasteiger partial charge in [-0.15, -0.1) is 10.2 Å². The third-order valence-electron chi connectivity index (χ3n) is 7.02. The summed E-state index contributed by atoms with van der Waals surface area (Å²) in [5, 5.41) is 9.10. The molecule has 0 bridgehead atoms. The van der Waals surface area contributed by atoms with Crippen molar-refractivity contribution in [2.24, 2.45) is 0 Å². The van der Waals surface area contributed by atoms with E-state index in [1.807, 2.05) is 6.07 Å². The summed E-state index contributed by atoms with van der Waals surface area (Å²) in [7, 11) is -0.567. The van der Waals surface area contributed by atoms with Crippen molar-refractivity contribution in [2.45, 2.75) is 31.4 Å². The summed E-state index contributed by atoms with van der Waals surface area (Å²) in [6.07, 6.45) is 6.56. The molecule has 5 rings (SSSR count). The van der Waals surface area contributed by atoms with Crippen LogP contribution in [0.15, 0.2) is 53.3 Å². The van der Waals surface area contributed by atoms with E-state index in [1.165, 1.54) is 33.3 Å². The molecule has 40 heavy (non-hydrogen) atoms. The highest BCUT2D eigenvalue weighted by Crippen LogP contribution is 2.36. The van der Waals surface area contributed by atoms with E-state index in [9.17, 15) is 8.42 Å². The summed E-state index contributed by atoms with van der Waals surface area (Å²) in [4.78, 5) is 6.90. The molecule has 0 spiro atoms. The van der Waals surface area contributed by atoms with E-state index in [4.69, 9.17) is 25.5 Å². The van der Waals surface area contributed by atoms with Crippen molar-refractivity contribution in [3.8, 4) is 28.8 Å². The van der Waals surface area contributed by atoms with Crippen LogP contribution in [-0.2, 0) is 28.4 Å². The predicted octanol–water partition coefficient (Wildman–Crippen LogP) is 4.39. The Hall–Kier alpha value is -3.41. The van der Waals surface area contributed by atoms with Crippen LogP contribution < -0.4 is 9.47 Å². The number of pyridine rings is 1. The van der Waals surface area contributed by atoms with Crippen molar-refractivity contribution in [3.05, 3.63) is 71.0 Å². The molecule has 0 amide bonds. The van der Waals surface area contributed by atoms with Gasteiger partial charge < -0.3 is 18.8 Å². The van der Waals surface area contributed by atoms with E-state index in [0.717, 1.165) is 37.3 Å². The molecule has 0 saturated carbocycles. The molecule has 12 heteroatoms. The second-order valence-electron chi connectivity index (χ2n) is 9.66. The maximum absolute atomic E-state index is 13.5. The third-order valence-corrected chi connectivity index (χ3v) is 8.75. The SMILES string of the molecule is COc1cccc(OC)c1-n1c(CS(=O)(=O)CCc2ncc(Cl)cc2CCN2CCCC2)nnc1-c1ccco1. The third kappa shape index (κ3) is 6.32. The Balaban J connectivity index is 1.42. The summed E-state index contributed by atoms with van der Waals surface area (Å²) in [5.74, 6) is 1.46. The van der Waals surface area contributed by atoms with Gasteiger partial charge in [-0.25, -0.2) is 8.42 Å². The number of ether oxygens (including phenoxy) is 2. The first-order chi connectivity index (χ1) is 19.4. The highest BCUT2D eigenvalue weighted by Gasteiger charge is 2.27. The van der Waals surface area contributed by atoms with Crippen LogP contribution in [0.25, 0.3) is 17.3 Å². The molecule has 1 aromatic carbocycles. The number of hydrogen-bond donors (Lipinski definition) is 0. The Morgan fingerprint density at radius 3 is 2.45 bits per heavy atom. The second-order valence-corrected chi connectivity index (χ2v) is 12.3. The highest BCUT2D eigenvalue weighted by atomic mass is 35.5. The van der Waals surface area contributed by atoms with E-state index in [2.05, 4.69) is 20.1 Å². The van der Waals surface area contributed by atoms with Gasteiger partial charge in [-0.05, 0) is 68.2 Å². The zero-order valence-corrected chi connectivity index (χ0v) is 24.1. The minimum absolute atomic E-state index is 0.107. The normalized spacial score (nSPS) is 14.1. The molecule has 0 radical (unpaired) electrons. The number of aromatic nitrogens is 4. The van der Waals surface area contributed by atoms with Crippen LogP contribution in [-0.4, -0.2) is 72.7 Å². The van der Waals surface area contributed by atoms with E-state index >= 15 is 0 Å². The van der Waals surface area contributed by atoms with Gasteiger partial charge in [-0.2, -0.15) is 0 Å². The van der Waals surface area contributed by atoms with Crippen molar-refractivity contribution < 1.29 is 22.3 Å². The molecular weight excluding hydrogens is 554 g/mol. The number of furan rings is 1. The molecule has 4 aromatic rings. The molecule has 1 aliphatic heterocycles. The number of para-hydroxylation sites is 1. The Bertz CT molecular complexity index is 1530. The van der Waals surface area contributed by atoms with Crippen molar-refractivity contribution in [2.75, 3.05) is 39.6 Å². The quantitative estimate of drug-likeness (QED) is 0.239. The number of nitrogens with zero attached hydrogens (tertiary/aromatic N) is 5.